The third-order valence-electron chi connectivity index (χ3n) is 3.11. The standard InChI is InChI=1S/C14H19NO4/c1-17-14-12(11-16)3-2-4-13(14)19-10-7-15-5-8-18-9-6-15/h2-4,11H,5-10H2,1H3. The lowest BCUT2D eigenvalue weighted by Gasteiger charge is -2.26. The topological polar surface area (TPSA) is 48.0 Å². The number of nitrogens with zero attached hydrogens (tertiary/aromatic N) is 1. The minimum atomic E-state index is 0.500. The summed E-state index contributed by atoms with van der Waals surface area (Å²) in [6.07, 6.45) is 0.771. The Morgan fingerprint density at radius 1 is 1.37 bits per heavy atom. The highest BCUT2D eigenvalue weighted by Gasteiger charge is 2.12. The summed E-state index contributed by atoms with van der Waals surface area (Å²) in [5.74, 6) is 1.11. The Labute approximate surface area is 113 Å². The second-order valence-corrected chi connectivity index (χ2v) is 4.30. The van der Waals surface area contributed by atoms with Crippen molar-refractivity contribution >= 4 is 6.29 Å². The first-order valence-electron chi connectivity index (χ1n) is 6.40. The number of hydrogen-bond donors (Lipinski definition) is 0. The predicted octanol–water partition coefficient (Wildman–Crippen LogP) is 1.22. The Morgan fingerprint density at radius 3 is 2.84 bits per heavy atom. The molecule has 0 atom stereocenters. The number of hydrogen-bond acceptors (Lipinski definition) is 5. The molecule has 0 amide bonds. The molecule has 0 spiro atoms. The number of ether oxygens (including phenoxy) is 3. The van der Waals surface area contributed by atoms with Gasteiger partial charge in [-0.1, -0.05) is 6.07 Å². The van der Waals surface area contributed by atoms with Crippen LogP contribution >= 0.6 is 0 Å². The summed E-state index contributed by atoms with van der Waals surface area (Å²) in [6, 6.07) is 5.31. The SMILES string of the molecule is COc1c(C=O)cccc1OCCN1CCOCC1. The van der Waals surface area contributed by atoms with Crippen molar-refractivity contribution in [3.63, 3.8) is 0 Å². The number of carbonyl (C=O) groups excluding carboxylic acids is 1. The van der Waals surface area contributed by atoms with Crippen LogP contribution in [0.1, 0.15) is 10.4 Å². The van der Waals surface area contributed by atoms with Gasteiger partial charge in [0.2, 0.25) is 0 Å². The van der Waals surface area contributed by atoms with Crippen molar-refractivity contribution in [2.24, 2.45) is 0 Å². The van der Waals surface area contributed by atoms with Gasteiger partial charge in [-0.3, -0.25) is 9.69 Å². The van der Waals surface area contributed by atoms with Gasteiger partial charge in [-0.15, -0.1) is 0 Å². The monoisotopic (exact) mass is 265 g/mol. The van der Waals surface area contributed by atoms with Gasteiger partial charge in [0.15, 0.2) is 17.8 Å². The summed E-state index contributed by atoms with van der Waals surface area (Å²) in [6.45, 7) is 4.86. The molecule has 5 nitrogen and oxygen atoms in total. The normalized spacial score (nSPS) is 16.1. The van der Waals surface area contributed by atoms with Crippen molar-refractivity contribution in [2.45, 2.75) is 0 Å². The minimum Gasteiger partial charge on any atom is -0.492 e. The molecular weight excluding hydrogens is 246 g/mol. The molecule has 1 aliphatic heterocycles. The average molecular weight is 265 g/mol. The fourth-order valence-electron chi connectivity index (χ4n) is 2.07. The van der Waals surface area contributed by atoms with Gasteiger partial charge in [0.1, 0.15) is 6.61 Å². The highest BCUT2D eigenvalue weighted by Crippen LogP contribution is 2.29. The highest BCUT2D eigenvalue weighted by molar-refractivity contribution is 5.81. The Hall–Kier alpha value is -1.59. The largest absolute Gasteiger partial charge is 0.492 e. The predicted molar refractivity (Wildman–Crippen MR) is 71.1 cm³/mol. The summed E-state index contributed by atoms with van der Waals surface area (Å²) in [5, 5.41) is 0. The van der Waals surface area contributed by atoms with Crippen LogP contribution in [-0.4, -0.2) is 57.8 Å². The smallest absolute Gasteiger partial charge is 0.171 e. The van der Waals surface area contributed by atoms with E-state index in [1.165, 1.54) is 7.11 Å². The van der Waals surface area contributed by atoms with Crippen LogP contribution in [0.25, 0.3) is 0 Å². The van der Waals surface area contributed by atoms with Gasteiger partial charge in [-0.05, 0) is 12.1 Å². The molecule has 5 heteroatoms. The molecule has 104 valence electrons. The van der Waals surface area contributed by atoms with Gasteiger partial charge in [0, 0.05) is 19.6 Å². The number of aldehydes is 1. The van der Waals surface area contributed by atoms with E-state index >= 15 is 0 Å². The first kappa shape index (κ1) is 13.8. The highest BCUT2D eigenvalue weighted by atomic mass is 16.5. The van der Waals surface area contributed by atoms with E-state index in [-0.39, 0.29) is 0 Å². The maximum atomic E-state index is 10.9. The van der Waals surface area contributed by atoms with Crippen LogP contribution < -0.4 is 9.47 Å². The first-order valence-corrected chi connectivity index (χ1v) is 6.40. The number of morpholine rings is 1. The zero-order valence-electron chi connectivity index (χ0n) is 11.1. The lowest BCUT2D eigenvalue weighted by molar-refractivity contribution is 0.0321. The maximum Gasteiger partial charge on any atom is 0.171 e. The zero-order chi connectivity index (χ0) is 13.5. The molecule has 0 saturated carbocycles. The van der Waals surface area contributed by atoms with Gasteiger partial charge in [0.05, 0.1) is 25.9 Å². The molecule has 1 aromatic carbocycles. The number of para-hydroxylation sites is 1. The number of rotatable bonds is 6. The van der Waals surface area contributed by atoms with Crippen LogP contribution in [0.15, 0.2) is 18.2 Å². The molecule has 0 aliphatic carbocycles. The molecule has 0 unspecified atom stereocenters. The summed E-state index contributed by atoms with van der Waals surface area (Å²) >= 11 is 0. The van der Waals surface area contributed by atoms with E-state index in [1.54, 1.807) is 12.1 Å². The second-order valence-electron chi connectivity index (χ2n) is 4.30. The van der Waals surface area contributed by atoms with Gasteiger partial charge < -0.3 is 14.2 Å². The van der Waals surface area contributed by atoms with E-state index in [2.05, 4.69) is 4.90 Å². The summed E-state index contributed by atoms with van der Waals surface area (Å²) in [4.78, 5) is 13.2. The maximum absolute atomic E-state index is 10.9. The van der Waals surface area contributed by atoms with Gasteiger partial charge in [-0.2, -0.15) is 0 Å². The third-order valence-corrected chi connectivity index (χ3v) is 3.11. The second kappa shape index (κ2) is 7.11. The van der Waals surface area contributed by atoms with Crippen LogP contribution in [-0.2, 0) is 4.74 Å². The van der Waals surface area contributed by atoms with E-state index in [9.17, 15) is 4.79 Å². The van der Waals surface area contributed by atoms with E-state index < -0.39 is 0 Å². The van der Waals surface area contributed by atoms with Crippen molar-refractivity contribution in [2.75, 3.05) is 46.6 Å². The van der Waals surface area contributed by atoms with E-state index in [1.807, 2.05) is 6.07 Å². The first-order chi connectivity index (χ1) is 9.35. The molecule has 0 N–H and O–H groups in total. The quantitative estimate of drug-likeness (QED) is 0.724. The molecule has 0 aromatic heterocycles. The minimum absolute atomic E-state index is 0.500. The van der Waals surface area contributed by atoms with Crippen LogP contribution in [0.5, 0.6) is 11.5 Å². The average Bonchev–Trinajstić information content (AvgIpc) is 2.48. The summed E-state index contributed by atoms with van der Waals surface area (Å²) < 4.78 is 16.2. The lowest BCUT2D eigenvalue weighted by atomic mass is 10.2. The number of benzene rings is 1. The Kier molecular flexibility index (Phi) is 5.18. The molecule has 1 heterocycles. The van der Waals surface area contributed by atoms with E-state index in [0.717, 1.165) is 39.1 Å². The lowest BCUT2D eigenvalue weighted by Crippen LogP contribution is -2.38. The molecule has 0 bridgehead atoms. The third kappa shape index (κ3) is 3.68. The van der Waals surface area contributed by atoms with Crippen LogP contribution in [0, 0.1) is 0 Å². The molecule has 1 aliphatic rings. The van der Waals surface area contributed by atoms with E-state index in [0.29, 0.717) is 23.7 Å². The molecular formula is C14H19NO4. The van der Waals surface area contributed by atoms with Gasteiger partial charge >= 0.3 is 0 Å². The van der Waals surface area contributed by atoms with Gasteiger partial charge in [-0.25, -0.2) is 0 Å². The van der Waals surface area contributed by atoms with Crippen LogP contribution in [0.2, 0.25) is 0 Å². The van der Waals surface area contributed by atoms with Crippen LogP contribution in [0.3, 0.4) is 0 Å². The Morgan fingerprint density at radius 2 is 2.16 bits per heavy atom. The number of methoxy groups -OCH3 is 1. The fraction of sp³-hybridized carbons (Fsp3) is 0.500. The molecule has 1 saturated heterocycles. The zero-order valence-corrected chi connectivity index (χ0v) is 11.1. The Balaban J connectivity index is 1.89. The van der Waals surface area contributed by atoms with Crippen molar-refractivity contribution in [1.82, 2.24) is 4.90 Å². The molecule has 1 fully saturated rings. The molecule has 2 rings (SSSR count). The van der Waals surface area contributed by atoms with Crippen LogP contribution in [0.4, 0.5) is 0 Å². The summed E-state index contributed by atoms with van der Waals surface area (Å²) in [5.41, 5.74) is 0.506. The number of carbonyl (C=O) groups is 1. The summed E-state index contributed by atoms with van der Waals surface area (Å²) in [7, 11) is 1.54. The van der Waals surface area contributed by atoms with Crippen molar-refractivity contribution in [3.8, 4) is 11.5 Å². The van der Waals surface area contributed by atoms with Crippen molar-refractivity contribution in [3.05, 3.63) is 23.8 Å². The fourth-order valence-corrected chi connectivity index (χ4v) is 2.07. The van der Waals surface area contributed by atoms with E-state index in [4.69, 9.17) is 14.2 Å². The van der Waals surface area contributed by atoms with Crippen molar-refractivity contribution < 1.29 is 19.0 Å². The molecule has 0 radical (unpaired) electrons. The van der Waals surface area contributed by atoms with Crippen molar-refractivity contribution in [1.29, 1.82) is 0 Å². The van der Waals surface area contributed by atoms with Gasteiger partial charge in [0.25, 0.3) is 0 Å². The molecule has 19 heavy (non-hydrogen) atoms. The molecule has 1 aromatic rings. The Bertz CT molecular complexity index is 416.